The second-order valence-corrected chi connectivity index (χ2v) is 10.3. The largest absolute Gasteiger partial charge is 0.304 e. The van der Waals surface area contributed by atoms with Crippen molar-refractivity contribution < 1.29 is 8.42 Å². The molecule has 1 aliphatic heterocycles. The number of hydrazone groups is 1. The molecule has 3 aromatic rings. The van der Waals surface area contributed by atoms with Crippen LogP contribution in [0.1, 0.15) is 17.0 Å². The molecule has 0 aromatic heterocycles. The van der Waals surface area contributed by atoms with Gasteiger partial charge in [-0.25, -0.2) is 5.01 Å². The minimum atomic E-state index is -4.12. The van der Waals surface area contributed by atoms with Crippen LogP contribution in [0.4, 0.5) is 0 Å². The lowest BCUT2D eigenvalue weighted by atomic mass is 9.91. The molecule has 0 spiro atoms. The summed E-state index contributed by atoms with van der Waals surface area (Å²) in [7, 11) is -4.12. The zero-order chi connectivity index (χ0) is 24.3. The van der Waals surface area contributed by atoms with E-state index in [0.717, 1.165) is 11.1 Å². The fourth-order valence-corrected chi connectivity index (χ4v) is 4.78. The predicted molar refractivity (Wildman–Crippen MR) is 140 cm³/mol. The number of amidine groups is 1. The molecule has 0 saturated carbocycles. The summed E-state index contributed by atoms with van der Waals surface area (Å²) in [5.74, 6) is -0.318. The Labute approximate surface area is 213 Å². The van der Waals surface area contributed by atoms with Gasteiger partial charge in [0.15, 0.2) is 5.17 Å². The Morgan fingerprint density at radius 1 is 1.00 bits per heavy atom. The number of nitrogens with one attached hydrogen (secondary N) is 2. The highest BCUT2D eigenvalue weighted by Gasteiger charge is 2.32. The van der Waals surface area contributed by atoms with Gasteiger partial charge in [0, 0.05) is 16.0 Å². The molecule has 0 amide bonds. The maximum Gasteiger partial charge on any atom is 0.285 e. The van der Waals surface area contributed by atoms with Crippen LogP contribution in [0.15, 0.2) is 93.3 Å². The summed E-state index contributed by atoms with van der Waals surface area (Å²) < 4.78 is 29.9. The van der Waals surface area contributed by atoms with Crippen molar-refractivity contribution in [3.8, 4) is 0 Å². The summed E-state index contributed by atoms with van der Waals surface area (Å²) in [6.07, 6.45) is 0. The van der Waals surface area contributed by atoms with Gasteiger partial charge in [-0.3, -0.25) is 5.41 Å². The Balaban J connectivity index is 1.78. The molecule has 3 aromatic carbocycles. The Hall–Kier alpha value is -2.85. The van der Waals surface area contributed by atoms with Crippen LogP contribution < -0.4 is 5.32 Å². The molecule has 34 heavy (non-hydrogen) atoms. The number of thiol groups is 1. The molecule has 1 aliphatic rings. The second kappa shape index (κ2) is 10.2. The van der Waals surface area contributed by atoms with Crippen molar-refractivity contribution in [3.63, 3.8) is 0 Å². The summed E-state index contributed by atoms with van der Waals surface area (Å²) in [5, 5.41) is 17.2. The standard InChI is InChI=1S/C23H19Cl2N5O2S2/c24-17-8-6-16(7-9-17)21-20(15-4-2-1-3-5-15)14-30(28-21)23(27-22(26)33)29-34(31,32)19-12-10-18(25)11-13-19/h1-13,20H,14H2,(H3,26,27,29,33). The number of nitrogens with zero attached hydrogens (tertiary/aromatic N) is 3. The van der Waals surface area contributed by atoms with Gasteiger partial charge in [-0.15, -0.1) is 17.0 Å². The van der Waals surface area contributed by atoms with E-state index in [2.05, 4.69) is 27.4 Å². The zero-order valence-corrected chi connectivity index (χ0v) is 20.8. The quantitative estimate of drug-likeness (QED) is 0.250. The van der Waals surface area contributed by atoms with E-state index in [0.29, 0.717) is 22.3 Å². The lowest BCUT2D eigenvalue weighted by Crippen LogP contribution is -2.40. The number of benzene rings is 3. The van der Waals surface area contributed by atoms with E-state index in [4.69, 9.17) is 28.6 Å². The number of guanidine groups is 1. The number of halogens is 2. The molecule has 0 radical (unpaired) electrons. The number of rotatable bonds is 4. The van der Waals surface area contributed by atoms with Crippen molar-refractivity contribution in [2.45, 2.75) is 10.8 Å². The van der Waals surface area contributed by atoms with Crippen molar-refractivity contribution in [1.82, 2.24) is 10.3 Å². The molecule has 174 valence electrons. The van der Waals surface area contributed by atoms with Crippen molar-refractivity contribution in [2.24, 2.45) is 9.50 Å². The van der Waals surface area contributed by atoms with Gasteiger partial charge in [0.2, 0.25) is 5.96 Å². The van der Waals surface area contributed by atoms with Crippen LogP contribution in [0.5, 0.6) is 0 Å². The average Bonchev–Trinajstić information content (AvgIpc) is 3.25. The normalized spacial score (nSPS) is 16.3. The third-order valence-electron chi connectivity index (χ3n) is 5.05. The molecule has 1 unspecified atom stereocenters. The minimum Gasteiger partial charge on any atom is -0.304 e. The summed E-state index contributed by atoms with van der Waals surface area (Å²) in [6.45, 7) is 0.297. The minimum absolute atomic E-state index is 0.0393. The van der Waals surface area contributed by atoms with Crippen molar-refractivity contribution in [2.75, 3.05) is 6.54 Å². The van der Waals surface area contributed by atoms with Crippen molar-refractivity contribution in [1.29, 1.82) is 5.41 Å². The second-order valence-electron chi connectivity index (χ2n) is 7.35. The highest BCUT2D eigenvalue weighted by Crippen LogP contribution is 2.30. The lowest BCUT2D eigenvalue weighted by molar-refractivity contribution is 0.464. The molecule has 7 nitrogen and oxygen atoms in total. The fraction of sp³-hybridized carbons (Fsp3) is 0.0870. The number of sulfonamides is 1. The van der Waals surface area contributed by atoms with Gasteiger partial charge in [-0.2, -0.15) is 13.5 Å². The molecule has 0 bridgehead atoms. The zero-order valence-electron chi connectivity index (χ0n) is 17.6. The number of hydrogen-bond acceptors (Lipinski definition) is 4. The lowest BCUT2D eigenvalue weighted by Gasteiger charge is -2.18. The molecule has 0 aliphatic carbocycles. The first-order valence-corrected chi connectivity index (χ1v) is 12.7. The van der Waals surface area contributed by atoms with E-state index < -0.39 is 10.0 Å². The Bertz CT molecular complexity index is 1360. The van der Waals surface area contributed by atoms with Crippen LogP contribution in [0.25, 0.3) is 0 Å². The van der Waals surface area contributed by atoms with Crippen LogP contribution >= 0.6 is 35.8 Å². The average molecular weight is 532 g/mol. The Morgan fingerprint density at radius 3 is 2.18 bits per heavy atom. The summed E-state index contributed by atoms with van der Waals surface area (Å²) in [5.41, 5.74) is 2.55. The first kappa shape index (κ1) is 24.3. The maximum atomic E-state index is 13.0. The smallest absolute Gasteiger partial charge is 0.285 e. The fourth-order valence-electron chi connectivity index (χ4n) is 3.48. The summed E-state index contributed by atoms with van der Waals surface area (Å²) in [6, 6.07) is 22.7. The van der Waals surface area contributed by atoms with Crippen molar-refractivity contribution >= 4 is 62.7 Å². The molecule has 2 N–H and O–H groups in total. The van der Waals surface area contributed by atoms with Gasteiger partial charge in [0.05, 0.1) is 17.2 Å². The highest BCUT2D eigenvalue weighted by molar-refractivity contribution is 7.96. The van der Waals surface area contributed by atoms with Gasteiger partial charge >= 0.3 is 0 Å². The van der Waals surface area contributed by atoms with E-state index in [9.17, 15) is 8.42 Å². The van der Waals surface area contributed by atoms with E-state index in [1.807, 2.05) is 42.5 Å². The number of hydrogen-bond donors (Lipinski definition) is 3. The molecule has 0 saturated heterocycles. The van der Waals surface area contributed by atoms with E-state index in [-0.39, 0.29) is 21.9 Å². The van der Waals surface area contributed by atoms with Gasteiger partial charge in [-0.05, 0) is 47.5 Å². The van der Waals surface area contributed by atoms with Crippen LogP contribution in [-0.2, 0) is 10.0 Å². The van der Waals surface area contributed by atoms with Crippen LogP contribution in [0.2, 0.25) is 10.0 Å². The summed E-state index contributed by atoms with van der Waals surface area (Å²) >= 11 is 15.9. The molecule has 1 heterocycles. The van der Waals surface area contributed by atoms with Crippen LogP contribution in [-0.4, -0.2) is 36.8 Å². The topological polar surface area (TPSA) is 98.0 Å². The van der Waals surface area contributed by atoms with Gasteiger partial charge in [0.25, 0.3) is 10.0 Å². The predicted octanol–water partition coefficient (Wildman–Crippen LogP) is 5.00. The molecule has 4 rings (SSSR count). The van der Waals surface area contributed by atoms with Crippen molar-refractivity contribution in [3.05, 3.63) is 100 Å². The molecule has 0 fully saturated rings. The molecular formula is C23H19Cl2N5O2S2. The third kappa shape index (κ3) is 5.61. The Kier molecular flexibility index (Phi) is 7.27. The highest BCUT2D eigenvalue weighted by atomic mass is 35.5. The summed E-state index contributed by atoms with van der Waals surface area (Å²) in [4.78, 5) is -0.0393. The van der Waals surface area contributed by atoms with E-state index in [1.54, 1.807) is 12.1 Å². The molecule has 11 heteroatoms. The van der Waals surface area contributed by atoms with E-state index in [1.165, 1.54) is 29.3 Å². The molecule has 1 atom stereocenters. The van der Waals surface area contributed by atoms with Gasteiger partial charge < -0.3 is 5.32 Å². The van der Waals surface area contributed by atoms with Gasteiger partial charge in [-0.1, -0.05) is 65.7 Å². The SMILES string of the molecule is N=C(S)N/C(=N\S(=O)(=O)c1ccc(Cl)cc1)N1CC(c2ccccc2)C(c2ccc(Cl)cc2)=N1. The first-order chi connectivity index (χ1) is 16.2. The maximum absolute atomic E-state index is 13.0. The first-order valence-electron chi connectivity index (χ1n) is 10.0. The Morgan fingerprint density at radius 2 is 1.59 bits per heavy atom. The third-order valence-corrected chi connectivity index (χ3v) is 6.95. The van der Waals surface area contributed by atoms with E-state index >= 15 is 0 Å². The molecular weight excluding hydrogens is 513 g/mol. The van der Waals surface area contributed by atoms with Crippen LogP contribution in [0.3, 0.4) is 0 Å². The van der Waals surface area contributed by atoms with Gasteiger partial charge in [0.1, 0.15) is 0 Å². The monoisotopic (exact) mass is 531 g/mol. The van der Waals surface area contributed by atoms with Crippen LogP contribution in [0, 0.1) is 5.41 Å².